The molecule has 0 rings (SSSR count). The molecule has 0 aliphatic rings. The van der Waals surface area contributed by atoms with Crippen molar-refractivity contribution in [3.63, 3.8) is 0 Å². The van der Waals surface area contributed by atoms with Crippen molar-refractivity contribution in [1.82, 2.24) is 4.90 Å². The largest absolute Gasteiger partial charge is 0.480 e. The van der Waals surface area contributed by atoms with Gasteiger partial charge in [-0.3, -0.25) is 9.69 Å². The first-order chi connectivity index (χ1) is 13.2. The molecule has 3 heteroatoms. The molecule has 0 unspecified atom stereocenters. The number of hydrogen-bond acceptors (Lipinski definition) is 2. The molecule has 0 aromatic carbocycles. The number of nitrogens with zero attached hydrogens (tertiary/aromatic N) is 1. The van der Waals surface area contributed by atoms with E-state index in [1.165, 1.54) is 64.2 Å². The van der Waals surface area contributed by atoms with E-state index in [1.54, 1.807) is 0 Å². The molecule has 0 aromatic heterocycles. The van der Waals surface area contributed by atoms with Crippen LogP contribution in [0, 0.1) is 0 Å². The van der Waals surface area contributed by atoms with E-state index < -0.39 is 5.97 Å². The van der Waals surface area contributed by atoms with Gasteiger partial charge in [-0.15, -0.1) is 0 Å². The summed E-state index contributed by atoms with van der Waals surface area (Å²) in [5.74, 6) is -0.701. The zero-order valence-electron chi connectivity index (χ0n) is 18.1. The predicted octanol–water partition coefficient (Wildman–Crippen LogP) is 6.99. The Morgan fingerprint density at radius 2 is 1.07 bits per heavy atom. The molecular formula is C24H45NO2. The molecule has 0 aliphatic heterocycles. The highest BCUT2D eigenvalue weighted by Crippen LogP contribution is 2.07. The van der Waals surface area contributed by atoms with Crippen molar-refractivity contribution in [2.24, 2.45) is 0 Å². The quantitative estimate of drug-likeness (QED) is 0.183. The molecule has 0 aliphatic carbocycles. The number of unbranched alkanes of at least 4 members (excludes halogenated alkanes) is 10. The van der Waals surface area contributed by atoms with E-state index >= 15 is 0 Å². The second-order valence-corrected chi connectivity index (χ2v) is 7.60. The average molecular weight is 380 g/mol. The third-order valence-electron chi connectivity index (χ3n) is 4.83. The molecule has 0 amide bonds. The first-order valence-electron chi connectivity index (χ1n) is 11.4. The van der Waals surface area contributed by atoms with Crippen molar-refractivity contribution in [2.75, 3.05) is 19.6 Å². The minimum atomic E-state index is -0.701. The molecule has 158 valence electrons. The molecular weight excluding hydrogens is 334 g/mol. The molecule has 0 atom stereocenters. The van der Waals surface area contributed by atoms with E-state index in [9.17, 15) is 4.79 Å². The van der Waals surface area contributed by atoms with Gasteiger partial charge in [0, 0.05) is 0 Å². The fraction of sp³-hybridized carbons (Fsp3) is 0.792. The monoisotopic (exact) mass is 379 g/mol. The van der Waals surface area contributed by atoms with Crippen LogP contribution in [0.25, 0.3) is 0 Å². The lowest BCUT2D eigenvalue weighted by atomic mass is 10.1. The molecule has 0 saturated carbocycles. The maximum absolute atomic E-state index is 11.1. The SMILES string of the molecule is CCCC/C=C/CCCCCN(CCCCC/C=C/CCCC)CC(=O)O. The number of aliphatic carboxylic acids is 1. The standard InChI is InChI=1S/C24H45NO2/c1-3-5-7-9-11-13-15-17-19-21-25(23-24(26)27)22-20-18-16-14-12-10-8-6-4-2/h9-12H,3-8,13-23H2,1-2H3,(H,26,27)/b11-9+,12-10+. The third-order valence-corrected chi connectivity index (χ3v) is 4.83. The summed E-state index contributed by atoms with van der Waals surface area (Å²) in [7, 11) is 0. The van der Waals surface area contributed by atoms with Gasteiger partial charge in [0.15, 0.2) is 0 Å². The van der Waals surface area contributed by atoms with Crippen molar-refractivity contribution in [1.29, 1.82) is 0 Å². The van der Waals surface area contributed by atoms with Crippen LogP contribution in [0.5, 0.6) is 0 Å². The fourth-order valence-corrected chi connectivity index (χ4v) is 3.13. The lowest BCUT2D eigenvalue weighted by Gasteiger charge is -2.20. The Morgan fingerprint density at radius 1 is 0.667 bits per heavy atom. The summed E-state index contributed by atoms with van der Waals surface area (Å²) in [6, 6.07) is 0. The van der Waals surface area contributed by atoms with E-state index in [0.717, 1.165) is 38.8 Å². The van der Waals surface area contributed by atoms with Gasteiger partial charge in [0.05, 0.1) is 6.54 Å². The van der Waals surface area contributed by atoms with Gasteiger partial charge in [0.25, 0.3) is 0 Å². The van der Waals surface area contributed by atoms with Gasteiger partial charge >= 0.3 is 5.97 Å². The summed E-state index contributed by atoms with van der Waals surface area (Å²) in [5.41, 5.74) is 0. The Balaban J connectivity index is 3.71. The van der Waals surface area contributed by atoms with Gasteiger partial charge in [-0.25, -0.2) is 0 Å². The van der Waals surface area contributed by atoms with Crippen molar-refractivity contribution in [3.05, 3.63) is 24.3 Å². The van der Waals surface area contributed by atoms with Crippen molar-refractivity contribution >= 4 is 5.97 Å². The molecule has 0 heterocycles. The van der Waals surface area contributed by atoms with Crippen LogP contribution >= 0.6 is 0 Å². The topological polar surface area (TPSA) is 40.5 Å². The van der Waals surface area contributed by atoms with Crippen molar-refractivity contribution < 1.29 is 9.90 Å². The predicted molar refractivity (Wildman–Crippen MR) is 118 cm³/mol. The summed E-state index contributed by atoms with van der Waals surface area (Å²) in [4.78, 5) is 13.2. The van der Waals surface area contributed by atoms with Crippen LogP contribution in [-0.2, 0) is 4.79 Å². The summed E-state index contributed by atoms with van der Waals surface area (Å²) in [6.07, 6.45) is 26.1. The van der Waals surface area contributed by atoms with Gasteiger partial charge in [0.1, 0.15) is 0 Å². The minimum Gasteiger partial charge on any atom is -0.480 e. The van der Waals surface area contributed by atoms with Crippen LogP contribution in [-0.4, -0.2) is 35.6 Å². The first kappa shape index (κ1) is 25.9. The Hall–Kier alpha value is -1.09. The van der Waals surface area contributed by atoms with E-state index in [4.69, 9.17) is 5.11 Å². The van der Waals surface area contributed by atoms with Crippen LogP contribution in [0.2, 0.25) is 0 Å². The lowest BCUT2D eigenvalue weighted by Crippen LogP contribution is -2.31. The van der Waals surface area contributed by atoms with Gasteiger partial charge in [-0.2, -0.15) is 0 Å². The minimum absolute atomic E-state index is 0.188. The van der Waals surface area contributed by atoms with Gasteiger partial charge < -0.3 is 5.11 Å². The molecule has 0 fully saturated rings. The zero-order chi connectivity index (χ0) is 20.0. The zero-order valence-corrected chi connectivity index (χ0v) is 18.1. The van der Waals surface area contributed by atoms with Gasteiger partial charge in [0.2, 0.25) is 0 Å². The van der Waals surface area contributed by atoms with E-state index in [2.05, 4.69) is 43.1 Å². The molecule has 0 spiro atoms. The third kappa shape index (κ3) is 21.1. The van der Waals surface area contributed by atoms with Crippen LogP contribution in [0.3, 0.4) is 0 Å². The summed E-state index contributed by atoms with van der Waals surface area (Å²) in [5, 5.41) is 9.11. The molecule has 0 saturated heterocycles. The Labute approximate surface area is 168 Å². The second-order valence-electron chi connectivity index (χ2n) is 7.60. The number of carboxylic acid groups (broad SMARTS) is 1. The maximum Gasteiger partial charge on any atom is 0.317 e. The van der Waals surface area contributed by atoms with Gasteiger partial charge in [-0.05, 0) is 64.5 Å². The maximum atomic E-state index is 11.1. The van der Waals surface area contributed by atoms with Crippen molar-refractivity contribution in [3.8, 4) is 0 Å². The number of carbonyl (C=O) groups is 1. The smallest absolute Gasteiger partial charge is 0.317 e. The number of rotatable bonds is 20. The van der Waals surface area contributed by atoms with E-state index in [0.29, 0.717) is 0 Å². The highest BCUT2D eigenvalue weighted by molar-refractivity contribution is 5.69. The summed E-state index contributed by atoms with van der Waals surface area (Å²) < 4.78 is 0. The van der Waals surface area contributed by atoms with Crippen LogP contribution in [0.15, 0.2) is 24.3 Å². The van der Waals surface area contributed by atoms with Crippen molar-refractivity contribution in [2.45, 2.75) is 104 Å². The number of carboxylic acids is 1. The van der Waals surface area contributed by atoms with E-state index in [-0.39, 0.29) is 6.54 Å². The normalized spacial score (nSPS) is 12.0. The Morgan fingerprint density at radius 3 is 1.44 bits per heavy atom. The Kier molecular flexibility index (Phi) is 20.4. The number of allylic oxidation sites excluding steroid dienone is 4. The van der Waals surface area contributed by atoms with Crippen LogP contribution < -0.4 is 0 Å². The summed E-state index contributed by atoms with van der Waals surface area (Å²) in [6.45, 7) is 6.48. The summed E-state index contributed by atoms with van der Waals surface area (Å²) >= 11 is 0. The van der Waals surface area contributed by atoms with E-state index in [1.807, 2.05) is 0 Å². The molecule has 1 N–H and O–H groups in total. The van der Waals surface area contributed by atoms with Crippen LogP contribution in [0.1, 0.15) is 104 Å². The highest BCUT2D eigenvalue weighted by atomic mass is 16.4. The molecule has 3 nitrogen and oxygen atoms in total. The van der Waals surface area contributed by atoms with Gasteiger partial charge in [-0.1, -0.05) is 76.7 Å². The Bertz CT molecular complexity index is 349. The number of hydrogen-bond donors (Lipinski definition) is 1. The first-order valence-corrected chi connectivity index (χ1v) is 11.4. The van der Waals surface area contributed by atoms with Crippen LogP contribution in [0.4, 0.5) is 0 Å². The molecule has 0 bridgehead atoms. The second kappa shape index (κ2) is 21.2. The molecule has 0 aromatic rings. The fourth-order valence-electron chi connectivity index (χ4n) is 3.13. The molecule has 0 radical (unpaired) electrons. The molecule has 27 heavy (non-hydrogen) atoms. The average Bonchev–Trinajstić information content (AvgIpc) is 2.64. The highest BCUT2D eigenvalue weighted by Gasteiger charge is 2.08. The lowest BCUT2D eigenvalue weighted by molar-refractivity contribution is -0.138.